The summed E-state index contributed by atoms with van der Waals surface area (Å²) in [5.41, 5.74) is 2.09. The number of amides is 2. The lowest BCUT2D eigenvalue weighted by Gasteiger charge is -2.18. The molecule has 28 heavy (non-hydrogen) atoms. The number of hydrogen-bond donors (Lipinski definition) is 2. The average Bonchev–Trinajstić information content (AvgIpc) is 2.66. The minimum absolute atomic E-state index is 0.217. The van der Waals surface area contributed by atoms with Crippen LogP contribution in [-0.4, -0.2) is 46.2 Å². The third-order valence-electron chi connectivity index (χ3n) is 3.97. The highest BCUT2D eigenvalue weighted by molar-refractivity contribution is 6.42. The van der Waals surface area contributed by atoms with Crippen LogP contribution in [0.15, 0.2) is 36.4 Å². The summed E-state index contributed by atoms with van der Waals surface area (Å²) in [6.07, 6.45) is 0.716. The van der Waals surface area contributed by atoms with E-state index < -0.39 is 0 Å². The summed E-state index contributed by atoms with van der Waals surface area (Å²) in [6, 6.07) is 9.82. The van der Waals surface area contributed by atoms with Crippen LogP contribution in [-0.2, 0) is 4.74 Å². The van der Waals surface area contributed by atoms with Gasteiger partial charge in [0.1, 0.15) is 0 Å². The second-order valence-electron chi connectivity index (χ2n) is 6.31. The number of nitrogens with zero attached hydrogens (tertiary/aromatic N) is 1. The van der Waals surface area contributed by atoms with E-state index in [1.807, 2.05) is 19.0 Å². The predicted molar refractivity (Wildman–Crippen MR) is 114 cm³/mol. The van der Waals surface area contributed by atoms with Gasteiger partial charge in [0.05, 0.1) is 15.6 Å². The van der Waals surface area contributed by atoms with Crippen LogP contribution >= 0.6 is 23.2 Å². The Morgan fingerprint density at radius 3 is 2.43 bits per heavy atom. The van der Waals surface area contributed by atoms with E-state index in [4.69, 9.17) is 27.9 Å². The minimum Gasteiger partial charge on any atom is -0.385 e. The van der Waals surface area contributed by atoms with Crippen molar-refractivity contribution < 1.29 is 14.3 Å². The molecule has 0 aromatic heterocycles. The van der Waals surface area contributed by atoms with Gasteiger partial charge in [0, 0.05) is 51.3 Å². The van der Waals surface area contributed by atoms with Crippen molar-refractivity contribution in [3.05, 3.63) is 57.6 Å². The van der Waals surface area contributed by atoms with Gasteiger partial charge in [-0.15, -0.1) is 0 Å². The van der Waals surface area contributed by atoms with Crippen LogP contribution in [0, 0.1) is 0 Å². The van der Waals surface area contributed by atoms with Gasteiger partial charge in [0.15, 0.2) is 0 Å². The van der Waals surface area contributed by atoms with Crippen LogP contribution in [0.5, 0.6) is 0 Å². The summed E-state index contributed by atoms with van der Waals surface area (Å²) in [4.78, 5) is 26.9. The number of rotatable bonds is 8. The first kappa shape index (κ1) is 22.0. The number of hydrogen-bond acceptors (Lipinski definition) is 4. The predicted octanol–water partition coefficient (Wildman–Crippen LogP) is 4.08. The van der Waals surface area contributed by atoms with Crippen LogP contribution in [0.1, 0.15) is 27.1 Å². The van der Waals surface area contributed by atoms with Crippen molar-refractivity contribution in [3.63, 3.8) is 0 Å². The Bertz CT molecular complexity index is 857. The zero-order valence-corrected chi connectivity index (χ0v) is 17.5. The zero-order valence-electron chi connectivity index (χ0n) is 16.0. The number of halogens is 2. The molecule has 2 rings (SSSR count). The monoisotopic (exact) mass is 423 g/mol. The van der Waals surface area contributed by atoms with Gasteiger partial charge in [0.25, 0.3) is 11.8 Å². The van der Waals surface area contributed by atoms with E-state index >= 15 is 0 Å². The molecule has 2 aromatic carbocycles. The Labute approximate surface area is 174 Å². The number of nitrogens with one attached hydrogen (secondary N) is 2. The molecule has 0 saturated heterocycles. The van der Waals surface area contributed by atoms with Gasteiger partial charge in [-0.1, -0.05) is 23.2 Å². The van der Waals surface area contributed by atoms with Crippen molar-refractivity contribution in [2.45, 2.75) is 6.42 Å². The number of benzene rings is 2. The van der Waals surface area contributed by atoms with Gasteiger partial charge >= 0.3 is 0 Å². The Hall–Kier alpha value is -2.28. The van der Waals surface area contributed by atoms with Crippen molar-refractivity contribution in [2.24, 2.45) is 0 Å². The van der Waals surface area contributed by atoms with Gasteiger partial charge in [-0.05, 0) is 42.8 Å². The van der Waals surface area contributed by atoms with Crippen molar-refractivity contribution >= 4 is 46.4 Å². The quantitative estimate of drug-likeness (QED) is 0.627. The molecule has 0 radical (unpaired) electrons. The van der Waals surface area contributed by atoms with Gasteiger partial charge in [-0.3, -0.25) is 9.59 Å². The van der Waals surface area contributed by atoms with Crippen LogP contribution in [0.3, 0.4) is 0 Å². The number of carbonyl (C=O) groups excluding carboxylic acids is 2. The molecule has 0 aliphatic heterocycles. The SMILES string of the molecule is COCCCNC(=O)c1cc(NC(=O)c2ccc(Cl)c(Cl)c2)ccc1N(C)C. The van der Waals surface area contributed by atoms with Crippen LogP contribution in [0.2, 0.25) is 10.0 Å². The third kappa shape index (κ3) is 5.86. The van der Waals surface area contributed by atoms with Crippen LogP contribution in [0.4, 0.5) is 11.4 Å². The van der Waals surface area contributed by atoms with Crippen molar-refractivity contribution in [3.8, 4) is 0 Å². The van der Waals surface area contributed by atoms with E-state index in [1.165, 1.54) is 6.07 Å². The minimum atomic E-state index is -0.345. The zero-order chi connectivity index (χ0) is 20.7. The number of carbonyl (C=O) groups is 2. The molecule has 0 saturated carbocycles. The van der Waals surface area contributed by atoms with E-state index in [2.05, 4.69) is 10.6 Å². The van der Waals surface area contributed by atoms with Gasteiger partial charge < -0.3 is 20.3 Å². The molecule has 0 aliphatic carbocycles. The molecule has 0 atom stereocenters. The fraction of sp³-hybridized carbons (Fsp3) is 0.300. The molecule has 6 nitrogen and oxygen atoms in total. The summed E-state index contributed by atoms with van der Waals surface area (Å²) < 4.78 is 4.99. The maximum atomic E-state index is 12.6. The van der Waals surface area contributed by atoms with E-state index in [0.717, 1.165) is 5.69 Å². The maximum Gasteiger partial charge on any atom is 0.255 e. The van der Waals surface area contributed by atoms with E-state index in [0.29, 0.717) is 46.4 Å². The van der Waals surface area contributed by atoms with E-state index in [1.54, 1.807) is 37.4 Å². The highest BCUT2D eigenvalue weighted by Gasteiger charge is 2.15. The summed E-state index contributed by atoms with van der Waals surface area (Å²) >= 11 is 11.9. The Balaban J connectivity index is 2.19. The van der Waals surface area contributed by atoms with E-state index in [9.17, 15) is 9.59 Å². The number of ether oxygens (including phenoxy) is 1. The second-order valence-corrected chi connectivity index (χ2v) is 7.13. The van der Waals surface area contributed by atoms with Crippen LogP contribution in [0.25, 0.3) is 0 Å². The van der Waals surface area contributed by atoms with E-state index in [-0.39, 0.29) is 11.8 Å². The fourth-order valence-corrected chi connectivity index (χ4v) is 2.84. The highest BCUT2D eigenvalue weighted by Crippen LogP contribution is 2.25. The number of anilines is 2. The molecule has 2 aromatic rings. The molecule has 150 valence electrons. The summed E-state index contributed by atoms with van der Waals surface area (Å²) in [7, 11) is 5.32. The lowest BCUT2D eigenvalue weighted by molar-refractivity contribution is 0.0947. The van der Waals surface area contributed by atoms with Crippen molar-refractivity contribution in [1.29, 1.82) is 0 Å². The first-order chi connectivity index (χ1) is 13.3. The molecule has 8 heteroatoms. The van der Waals surface area contributed by atoms with Crippen LogP contribution < -0.4 is 15.5 Å². The first-order valence-corrected chi connectivity index (χ1v) is 9.44. The summed E-state index contributed by atoms with van der Waals surface area (Å²) in [6.45, 7) is 1.07. The largest absolute Gasteiger partial charge is 0.385 e. The Kier molecular flexibility index (Phi) is 8.11. The molecule has 0 spiro atoms. The van der Waals surface area contributed by atoms with Gasteiger partial charge in [-0.25, -0.2) is 0 Å². The molecule has 0 aliphatic rings. The van der Waals surface area contributed by atoms with Crippen molar-refractivity contribution in [2.75, 3.05) is 44.6 Å². The molecule has 0 unspecified atom stereocenters. The number of methoxy groups -OCH3 is 1. The molecule has 2 N–H and O–H groups in total. The maximum absolute atomic E-state index is 12.6. The van der Waals surface area contributed by atoms with Gasteiger partial charge in [0.2, 0.25) is 0 Å². The fourth-order valence-electron chi connectivity index (χ4n) is 2.54. The summed E-state index contributed by atoms with van der Waals surface area (Å²) in [5, 5.41) is 6.32. The standard InChI is InChI=1S/C20H23Cl2N3O3/c1-25(2)18-8-6-14(12-15(18)20(27)23-9-4-10-28-3)24-19(26)13-5-7-16(21)17(22)11-13/h5-8,11-12H,4,9-10H2,1-3H3,(H,23,27)(H,24,26). The smallest absolute Gasteiger partial charge is 0.255 e. The lowest BCUT2D eigenvalue weighted by atomic mass is 10.1. The van der Waals surface area contributed by atoms with Crippen molar-refractivity contribution in [1.82, 2.24) is 5.32 Å². The average molecular weight is 424 g/mol. The molecule has 0 fully saturated rings. The molecule has 0 heterocycles. The molecular weight excluding hydrogens is 401 g/mol. The normalized spacial score (nSPS) is 10.5. The Morgan fingerprint density at radius 2 is 1.79 bits per heavy atom. The molecule has 2 amide bonds. The second kappa shape index (κ2) is 10.3. The highest BCUT2D eigenvalue weighted by atomic mass is 35.5. The summed E-state index contributed by atoms with van der Waals surface area (Å²) in [5.74, 6) is -0.562. The molecule has 0 bridgehead atoms. The van der Waals surface area contributed by atoms with Gasteiger partial charge in [-0.2, -0.15) is 0 Å². The lowest BCUT2D eigenvalue weighted by Crippen LogP contribution is -2.27. The Morgan fingerprint density at radius 1 is 1.04 bits per heavy atom. The topological polar surface area (TPSA) is 70.7 Å². The molecular formula is C20H23Cl2N3O3. The third-order valence-corrected chi connectivity index (χ3v) is 4.71. The first-order valence-electron chi connectivity index (χ1n) is 8.68.